The molecule has 3 fully saturated rings. The van der Waals surface area contributed by atoms with E-state index in [2.05, 4.69) is 15.5 Å². The van der Waals surface area contributed by atoms with Crippen LogP contribution >= 0.6 is 12.2 Å². The second-order valence-corrected chi connectivity index (χ2v) is 9.35. The van der Waals surface area contributed by atoms with Crippen LogP contribution in [0.25, 0.3) is 0 Å². The van der Waals surface area contributed by atoms with Crippen molar-refractivity contribution in [3.8, 4) is 0 Å². The van der Waals surface area contributed by atoms with Crippen molar-refractivity contribution in [3.05, 3.63) is 0 Å². The van der Waals surface area contributed by atoms with Crippen LogP contribution in [0.15, 0.2) is 0 Å². The lowest BCUT2D eigenvalue weighted by Crippen LogP contribution is -2.49. The zero-order chi connectivity index (χ0) is 18.9. The Kier molecular flexibility index (Phi) is 8.69. The summed E-state index contributed by atoms with van der Waals surface area (Å²) in [5, 5.41) is 7.48. The Labute approximate surface area is 171 Å². The average molecular weight is 394 g/mol. The molecule has 2 atom stereocenters. The molecule has 0 bridgehead atoms. The predicted molar refractivity (Wildman–Crippen MR) is 116 cm³/mol. The minimum atomic E-state index is 0.393. The van der Waals surface area contributed by atoms with Gasteiger partial charge in [-0.2, -0.15) is 0 Å². The minimum Gasteiger partial charge on any atom is -0.363 e. The van der Waals surface area contributed by atoms with Gasteiger partial charge in [0.1, 0.15) is 0 Å². The Morgan fingerprint density at radius 1 is 0.889 bits per heavy atom. The molecular formula is C22H39N3OS. The van der Waals surface area contributed by atoms with Gasteiger partial charge in [0.2, 0.25) is 5.91 Å². The van der Waals surface area contributed by atoms with Crippen LogP contribution in [-0.2, 0) is 4.79 Å². The summed E-state index contributed by atoms with van der Waals surface area (Å²) in [6.45, 7) is 2.88. The van der Waals surface area contributed by atoms with Gasteiger partial charge in [0.15, 0.2) is 5.11 Å². The van der Waals surface area contributed by atoms with E-state index in [0.29, 0.717) is 18.4 Å². The summed E-state index contributed by atoms with van der Waals surface area (Å²) in [7, 11) is 0. The highest BCUT2D eigenvalue weighted by atomic mass is 32.1. The third-order valence-corrected chi connectivity index (χ3v) is 7.23. The number of rotatable bonds is 7. The summed E-state index contributed by atoms with van der Waals surface area (Å²) in [6.07, 6.45) is 17.3. The van der Waals surface area contributed by atoms with Gasteiger partial charge in [-0.15, -0.1) is 0 Å². The molecule has 3 aliphatic rings. The molecule has 154 valence electrons. The number of hydrogen-bond acceptors (Lipinski definition) is 2. The molecule has 3 rings (SSSR count). The standard InChI is InChI=1S/C22H39N3OS/c26-21(25-16-8-12-19-11-4-5-13-20(19)25)14-6-7-15-23-22(27)24-17-18-9-2-1-3-10-18/h18-20H,1-17H2,(H2,23,24,27). The molecule has 1 amide bonds. The second kappa shape index (κ2) is 11.2. The Morgan fingerprint density at radius 3 is 2.48 bits per heavy atom. The summed E-state index contributed by atoms with van der Waals surface area (Å²) >= 11 is 5.39. The second-order valence-electron chi connectivity index (χ2n) is 8.94. The first-order valence-corrected chi connectivity index (χ1v) is 12.0. The SMILES string of the molecule is O=C(CCCCNC(=S)NCC1CCCCC1)N1CCCC2CCCCC21. The molecule has 5 heteroatoms. The van der Waals surface area contributed by atoms with Crippen LogP contribution in [0.3, 0.4) is 0 Å². The first-order valence-electron chi connectivity index (χ1n) is 11.5. The van der Waals surface area contributed by atoms with Crippen LogP contribution < -0.4 is 10.6 Å². The highest BCUT2D eigenvalue weighted by Crippen LogP contribution is 2.35. The van der Waals surface area contributed by atoms with E-state index in [4.69, 9.17) is 12.2 Å². The lowest BCUT2D eigenvalue weighted by atomic mass is 9.78. The molecule has 0 aromatic rings. The molecule has 1 saturated heterocycles. The first kappa shape index (κ1) is 20.9. The Balaban J connectivity index is 1.25. The molecule has 0 spiro atoms. The summed E-state index contributed by atoms with van der Waals surface area (Å²) < 4.78 is 0. The van der Waals surface area contributed by atoms with E-state index in [-0.39, 0.29) is 0 Å². The van der Waals surface area contributed by atoms with E-state index in [1.807, 2.05) is 0 Å². The number of hydrogen-bond donors (Lipinski definition) is 2. The number of thiocarbonyl (C=S) groups is 1. The molecule has 1 aliphatic heterocycles. The number of carbonyl (C=O) groups is 1. The summed E-state index contributed by atoms with van der Waals surface area (Å²) in [5.41, 5.74) is 0. The zero-order valence-corrected chi connectivity index (χ0v) is 17.8. The first-order chi connectivity index (χ1) is 13.2. The third-order valence-electron chi connectivity index (χ3n) is 6.94. The number of unbranched alkanes of at least 4 members (excludes halogenated alkanes) is 1. The Morgan fingerprint density at radius 2 is 1.63 bits per heavy atom. The summed E-state index contributed by atoms with van der Waals surface area (Å²) in [4.78, 5) is 14.9. The maximum atomic E-state index is 12.7. The van der Waals surface area contributed by atoms with Crippen molar-refractivity contribution in [2.45, 2.75) is 95.9 Å². The molecule has 1 heterocycles. The number of carbonyl (C=O) groups excluding carboxylic acids is 1. The van der Waals surface area contributed by atoms with Crippen molar-refractivity contribution in [2.75, 3.05) is 19.6 Å². The number of fused-ring (bicyclic) bond motifs is 1. The lowest BCUT2D eigenvalue weighted by molar-refractivity contribution is -0.137. The molecule has 0 aromatic heterocycles. The minimum absolute atomic E-state index is 0.393. The third kappa shape index (κ3) is 6.62. The highest BCUT2D eigenvalue weighted by molar-refractivity contribution is 7.80. The number of likely N-dealkylation sites (tertiary alicyclic amines) is 1. The Hall–Kier alpha value is -0.840. The van der Waals surface area contributed by atoms with Gasteiger partial charge in [0, 0.05) is 32.1 Å². The van der Waals surface area contributed by atoms with Crippen LogP contribution in [0.1, 0.15) is 89.9 Å². The number of piperidine rings is 1. The van der Waals surface area contributed by atoms with Crippen molar-refractivity contribution in [2.24, 2.45) is 11.8 Å². The molecule has 2 N–H and O–H groups in total. The fourth-order valence-corrected chi connectivity index (χ4v) is 5.56. The van der Waals surface area contributed by atoms with Gasteiger partial charge in [-0.05, 0) is 75.4 Å². The van der Waals surface area contributed by atoms with Gasteiger partial charge in [0.05, 0.1) is 0 Å². The molecule has 2 unspecified atom stereocenters. The monoisotopic (exact) mass is 393 g/mol. The summed E-state index contributed by atoms with van der Waals surface area (Å²) in [5.74, 6) is 1.97. The molecule has 0 radical (unpaired) electrons. The fraction of sp³-hybridized carbons (Fsp3) is 0.909. The van der Waals surface area contributed by atoms with Crippen LogP contribution in [0.5, 0.6) is 0 Å². The number of nitrogens with zero attached hydrogens (tertiary/aromatic N) is 1. The van der Waals surface area contributed by atoms with Gasteiger partial charge in [-0.3, -0.25) is 4.79 Å². The average Bonchev–Trinajstić information content (AvgIpc) is 2.72. The fourth-order valence-electron chi connectivity index (χ4n) is 5.37. The lowest BCUT2D eigenvalue weighted by Gasteiger charge is -2.44. The van der Waals surface area contributed by atoms with Gasteiger partial charge >= 0.3 is 0 Å². The van der Waals surface area contributed by atoms with Crippen LogP contribution in [0, 0.1) is 11.8 Å². The van der Waals surface area contributed by atoms with E-state index in [1.165, 1.54) is 70.6 Å². The van der Waals surface area contributed by atoms with E-state index in [0.717, 1.165) is 49.4 Å². The van der Waals surface area contributed by atoms with E-state index in [1.54, 1.807) is 0 Å². The normalized spacial score (nSPS) is 26.3. The number of nitrogens with one attached hydrogen (secondary N) is 2. The number of amides is 1. The van der Waals surface area contributed by atoms with Crippen molar-refractivity contribution < 1.29 is 4.79 Å². The van der Waals surface area contributed by atoms with Crippen molar-refractivity contribution in [1.82, 2.24) is 15.5 Å². The molecular weight excluding hydrogens is 354 g/mol. The smallest absolute Gasteiger partial charge is 0.222 e. The predicted octanol–water partition coefficient (Wildman–Crippen LogP) is 4.38. The molecule has 0 aromatic carbocycles. The Bertz CT molecular complexity index is 476. The van der Waals surface area contributed by atoms with Gasteiger partial charge < -0.3 is 15.5 Å². The van der Waals surface area contributed by atoms with Gasteiger partial charge in [0.25, 0.3) is 0 Å². The highest BCUT2D eigenvalue weighted by Gasteiger charge is 2.35. The van der Waals surface area contributed by atoms with Gasteiger partial charge in [-0.25, -0.2) is 0 Å². The maximum Gasteiger partial charge on any atom is 0.222 e. The van der Waals surface area contributed by atoms with Crippen LogP contribution in [-0.4, -0.2) is 41.6 Å². The van der Waals surface area contributed by atoms with Crippen molar-refractivity contribution in [1.29, 1.82) is 0 Å². The summed E-state index contributed by atoms with van der Waals surface area (Å²) in [6, 6.07) is 0.551. The largest absolute Gasteiger partial charge is 0.363 e. The van der Waals surface area contributed by atoms with Crippen LogP contribution in [0.2, 0.25) is 0 Å². The zero-order valence-electron chi connectivity index (χ0n) is 17.0. The maximum absolute atomic E-state index is 12.7. The van der Waals surface area contributed by atoms with Crippen molar-refractivity contribution >= 4 is 23.2 Å². The van der Waals surface area contributed by atoms with Crippen LogP contribution in [0.4, 0.5) is 0 Å². The van der Waals surface area contributed by atoms with Crippen molar-refractivity contribution in [3.63, 3.8) is 0 Å². The molecule has 2 saturated carbocycles. The topological polar surface area (TPSA) is 44.4 Å². The molecule has 2 aliphatic carbocycles. The van der Waals surface area contributed by atoms with E-state index >= 15 is 0 Å². The molecule has 4 nitrogen and oxygen atoms in total. The van der Waals surface area contributed by atoms with E-state index < -0.39 is 0 Å². The quantitative estimate of drug-likeness (QED) is 0.498. The van der Waals surface area contributed by atoms with Gasteiger partial charge in [-0.1, -0.05) is 32.1 Å². The van der Waals surface area contributed by atoms with E-state index in [9.17, 15) is 4.79 Å². The molecule has 27 heavy (non-hydrogen) atoms.